The van der Waals surface area contributed by atoms with Gasteiger partial charge in [0.1, 0.15) is 5.92 Å². The minimum absolute atomic E-state index is 0.0929. The summed E-state index contributed by atoms with van der Waals surface area (Å²) in [6.07, 6.45) is -0.272. The molecule has 1 aliphatic rings. The van der Waals surface area contributed by atoms with E-state index in [0.29, 0.717) is 0 Å². The number of alkyl halides is 2. The third kappa shape index (κ3) is 1.49. The minimum atomic E-state index is -3.18. The first-order valence-electron chi connectivity index (χ1n) is 3.78. The van der Waals surface area contributed by atoms with E-state index in [9.17, 15) is 13.9 Å². The van der Waals surface area contributed by atoms with Crippen molar-refractivity contribution < 1.29 is 18.6 Å². The summed E-state index contributed by atoms with van der Waals surface area (Å²) in [7, 11) is 0. The summed E-state index contributed by atoms with van der Waals surface area (Å²) in [6.45, 7) is 2.94. The van der Waals surface area contributed by atoms with Crippen LogP contribution in [0, 0.1) is 5.92 Å². The zero-order chi connectivity index (χ0) is 9.41. The minimum Gasteiger partial charge on any atom is -0.385 e. The Labute approximate surface area is 69.8 Å². The van der Waals surface area contributed by atoms with Crippen molar-refractivity contribution in [2.45, 2.75) is 25.6 Å². The molecule has 0 aromatic rings. The Morgan fingerprint density at radius 3 is 2.50 bits per heavy atom. The molecule has 0 bridgehead atoms. The lowest BCUT2D eigenvalue weighted by Crippen LogP contribution is -2.57. The predicted molar refractivity (Wildman–Crippen MR) is 39.8 cm³/mol. The van der Waals surface area contributed by atoms with Gasteiger partial charge in [0.05, 0.1) is 12.2 Å². The lowest BCUT2D eigenvalue weighted by atomic mass is 9.85. The standard InChI is InChI=1S/C8H12F2O2/c1-3-4-7(2,11)6-5-12-8(6,9)10/h3-4,6,11H,5H2,1-2H3. The highest BCUT2D eigenvalue weighted by Gasteiger charge is 2.57. The molecule has 0 aliphatic carbocycles. The number of allylic oxidation sites excluding steroid dienone is 1. The third-order valence-corrected chi connectivity index (χ3v) is 2.06. The smallest absolute Gasteiger partial charge is 0.363 e. The molecule has 1 rings (SSSR count). The second-order valence-electron chi connectivity index (χ2n) is 3.15. The molecule has 2 unspecified atom stereocenters. The average Bonchev–Trinajstić information content (AvgIpc) is 1.84. The van der Waals surface area contributed by atoms with Gasteiger partial charge in [0.25, 0.3) is 0 Å². The SMILES string of the molecule is CC=CC(C)(O)C1COC1(F)F. The molecule has 1 N–H and O–H groups in total. The fourth-order valence-corrected chi connectivity index (χ4v) is 1.26. The van der Waals surface area contributed by atoms with Crippen molar-refractivity contribution in [3.05, 3.63) is 12.2 Å². The molecule has 1 aliphatic heterocycles. The molecule has 2 atom stereocenters. The van der Waals surface area contributed by atoms with Gasteiger partial charge in [-0.15, -0.1) is 0 Å². The number of halogens is 2. The van der Waals surface area contributed by atoms with Crippen LogP contribution in [0.4, 0.5) is 8.78 Å². The van der Waals surface area contributed by atoms with Gasteiger partial charge in [0.2, 0.25) is 0 Å². The van der Waals surface area contributed by atoms with Crippen molar-refractivity contribution in [1.29, 1.82) is 0 Å². The molecule has 0 saturated carbocycles. The molecule has 0 amide bonds. The highest BCUT2D eigenvalue weighted by atomic mass is 19.3. The predicted octanol–water partition coefficient (Wildman–Crippen LogP) is 1.55. The Morgan fingerprint density at radius 1 is 1.67 bits per heavy atom. The van der Waals surface area contributed by atoms with E-state index < -0.39 is 17.6 Å². The van der Waals surface area contributed by atoms with Crippen molar-refractivity contribution in [2.75, 3.05) is 6.61 Å². The van der Waals surface area contributed by atoms with Crippen LogP contribution in [0.25, 0.3) is 0 Å². The van der Waals surface area contributed by atoms with E-state index in [1.165, 1.54) is 13.0 Å². The molecule has 0 spiro atoms. The summed E-state index contributed by atoms with van der Waals surface area (Å²) in [5.74, 6) is -1.12. The largest absolute Gasteiger partial charge is 0.385 e. The van der Waals surface area contributed by atoms with Gasteiger partial charge in [-0.2, -0.15) is 8.78 Å². The lowest BCUT2D eigenvalue weighted by molar-refractivity contribution is -0.381. The van der Waals surface area contributed by atoms with Crippen LogP contribution in [0.2, 0.25) is 0 Å². The van der Waals surface area contributed by atoms with Crippen LogP contribution in [-0.4, -0.2) is 23.4 Å². The van der Waals surface area contributed by atoms with Gasteiger partial charge in [0.15, 0.2) is 0 Å². The summed E-state index contributed by atoms with van der Waals surface area (Å²) in [5.41, 5.74) is -1.48. The molecule has 4 heteroatoms. The van der Waals surface area contributed by atoms with Gasteiger partial charge in [-0.3, -0.25) is 0 Å². The van der Waals surface area contributed by atoms with Crippen LogP contribution in [-0.2, 0) is 4.74 Å². The number of aliphatic hydroxyl groups is 1. The Kier molecular flexibility index (Phi) is 2.23. The van der Waals surface area contributed by atoms with E-state index in [-0.39, 0.29) is 6.61 Å². The van der Waals surface area contributed by atoms with Crippen LogP contribution in [0.5, 0.6) is 0 Å². The maximum absolute atomic E-state index is 12.6. The van der Waals surface area contributed by atoms with E-state index in [0.717, 1.165) is 0 Å². The maximum Gasteiger partial charge on any atom is 0.363 e. The van der Waals surface area contributed by atoms with Gasteiger partial charge in [0, 0.05) is 0 Å². The van der Waals surface area contributed by atoms with E-state index in [4.69, 9.17) is 0 Å². The van der Waals surface area contributed by atoms with Gasteiger partial charge < -0.3 is 9.84 Å². The molecule has 12 heavy (non-hydrogen) atoms. The van der Waals surface area contributed by atoms with Gasteiger partial charge in [-0.25, -0.2) is 0 Å². The van der Waals surface area contributed by atoms with Crippen LogP contribution in [0.1, 0.15) is 13.8 Å². The topological polar surface area (TPSA) is 29.5 Å². The number of ether oxygens (including phenoxy) is 1. The van der Waals surface area contributed by atoms with Crippen molar-refractivity contribution in [3.8, 4) is 0 Å². The summed E-state index contributed by atoms with van der Waals surface area (Å²) in [4.78, 5) is 0. The van der Waals surface area contributed by atoms with Crippen LogP contribution in [0.3, 0.4) is 0 Å². The Hall–Kier alpha value is -0.480. The molecular weight excluding hydrogens is 166 g/mol. The molecule has 70 valence electrons. The van der Waals surface area contributed by atoms with Gasteiger partial charge in [-0.1, -0.05) is 12.2 Å². The Balaban J connectivity index is 2.70. The van der Waals surface area contributed by atoms with Gasteiger partial charge in [-0.05, 0) is 13.8 Å². The van der Waals surface area contributed by atoms with Gasteiger partial charge >= 0.3 is 6.11 Å². The van der Waals surface area contributed by atoms with E-state index in [1.807, 2.05) is 0 Å². The molecule has 0 aromatic carbocycles. The van der Waals surface area contributed by atoms with E-state index in [1.54, 1.807) is 13.0 Å². The molecular formula is C8H12F2O2. The van der Waals surface area contributed by atoms with Crippen molar-refractivity contribution in [2.24, 2.45) is 5.92 Å². The first-order chi connectivity index (χ1) is 5.40. The van der Waals surface area contributed by atoms with Crippen molar-refractivity contribution in [3.63, 3.8) is 0 Å². The van der Waals surface area contributed by atoms with E-state index >= 15 is 0 Å². The second kappa shape index (κ2) is 2.78. The normalized spacial score (nSPS) is 32.9. The summed E-state index contributed by atoms with van der Waals surface area (Å²) >= 11 is 0. The third-order valence-electron chi connectivity index (χ3n) is 2.06. The highest BCUT2D eigenvalue weighted by molar-refractivity contribution is 5.05. The lowest BCUT2D eigenvalue weighted by Gasteiger charge is -2.42. The van der Waals surface area contributed by atoms with Crippen molar-refractivity contribution >= 4 is 0 Å². The van der Waals surface area contributed by atoms with E-state index in [2.05, 4.69) is 4.74 Å². The molecule has 1 heterocycles. The molecule has 0 aromatic heterocycles. The Bertz CT molecular complexity index is 199. The summed E-state index contributed by atoms with van der Waals surface area (Å²) < 4.78 is 29.2. The zero-order valence-electron chi connectivity index (χ0n) is 7.05. The molecule has 2 nitrogen and oxygen atoms in total. The second-order valence-corrected chi connectivity index (χ2v) is 3.15. The number of hydrogen-bond acceptors (Lipinski definition) is 2. The van der Waals surface area contributed by atoms with Crippen LogP contribution in [0.15, 0.2) is 12.2 Å². The highest BCUT2D eigenvalue weighted by Crippen LogP contribution is 2.43. The van der Waals surface area contributed by atoms with Crippen LogP contribution >= 0.6 is 0 Å². The monoisotopic (exact) mass is 178 g/mol. The molecule has 1 saturated heterocycles. The summed E-state index contributed by atoms with van der Waals surface area (Å²) in [5, 5.41) is 9.52. The fourth-order valence-electron chi connectivity index (χ4n) is 1.26. The van der Waals surface area contributed by atoms with Crippen molar-refractivity contribution in [1.82, 2.24) is 0 Å². The number of hydrogen-bond donors (Lipinski definition) is 1. The zero-order valence-corrected chi connectivity index (χ0v) is 7.05. The quantitative estimate of drug-likeness (QED) is 0.650. The molecule has 0 radical (unpaired) electrons. The van der Waals surface area contributed by atoms with Crippen LogP contribution < -0.4 is 0 Å². The first kappa shape index (κ1) is 9.61. The average molecular weight is 178 g/mol. The Morgan fingerprint density at radius 2 is 2.25 bits per heavy atom. The summed E-state index contributed by atoms with van der Waals surface area (Å²) in [6, 6.07) is 0. The molecule has 1 fully saturated rings. The fraction of sp³-hybridized carbons (Fsp3) is 0.750. The first-order valence-corrected chi connectivity index (χ1v) is 3.78. The number of rotatable bonds is 2. The maximum atomic E-state index is 12.6.